The van der Waals surface area contributed by atoms with Crippen LogP contribution in [-0.2, 0) is 28.6 Å². The molecule has 2 atom stereocenters. The Balaban J connectivity index is 4.25. The van der Waals surface area contributed by atoms with Crippen LogP contribution >= 0.6 is 0 Å². The molecule has 0 radical (unpaired) electrons. The van der Waals surface area contributed by atoms with E-state index in [0.29, 0.717) is 19.3 Å². The molecule has 0 heterocycles. The van der Waals surface area contributed by atoms with Gasteiger partial charge in [0, 0.05) is 19.3 Å². The molecule has 0 aliphatic rings. The highest BCUT2D eigenvalue weighted by molar-refractivity contribution is 5.71. The van der Waals surface area contributed by atoms with Crippen LogP contribution in [0.2, 0.25) is 0 Å². The Hall–Kier alpha value is -1.59. The van der Waals surface area contributed by atoms with Gasteiger partial charge in [-0.3, -0.25) is 14.4 Å². The van der Waals surface area contributed by atoms with Crippen molar-refractivity contribution in [1.29, 1.82) is 0 Å². The Labute approximate surface area is 317 Å². The molecule has 0 aliphatic carbocycles. The lowest BCUT2D eigenvalue weighted by Crippen LogP contribution is -2.30. The number of hydrogen-bond donors (Lipinski definition) is 0. The summed E-state index contributed by atoms with van der Waals surface area (Å²) in [5.41, 5.74) is 0. The van der Waals surface area contributed by atoms with Crippen molar-refractivity contribution >= 4 is 17.9 Å². The van der Waals surface area contributed by atoms with Crippen molar-refractivity contribution in [2.45, 2.75) is 252 Å². The molecule has 0 fully saturated rings. The highest BCUT2D eigenvalue weighted by Gasteiger charge is 2.19. The minimum Gasteiger partial charge on any atom is -0.462 e. The smallest absolute Gasteiger partial charge is 0.306 e. The van der Waals surface area contributed by atoms with Gasteiger partial charge in [0.05, 0.1) is 0 Å². The fourth-order valence-electron chi connectivity index (χ4n) is 6.59. The lowest BCUT2D eigenvalue weighted by atomic mass is 9.99. The van der Waals surface area contributed by atoms with Gasteiger partial charge >= 0.3 is 17.9 Å². The van der Waals surface area contributed by atoms with Crippen molar-refractivity contribution in [3.8, 4) is 0 Å². The standard InChI is InChI=1S/C45H86O6/c1-5-8-10-12-14-15-16-17-18-19-20-25-28-32-36-43(46)49-39-42(51-45(48)38-34-30-23-13-11-9-6-2)40-50-44(47)37-33-29-26-22-21-24-27-31-35-41(4)7-3/h41-42H,5-40H2,1-4H3/t41?,42-/m0/s1. The van der Waals surface area contributed by atoms with Crippen molar-refractivity contribution in [3.05, 3.63) is 0 Å². The Kier molecular flexibility index (Phi) is 38.4. The fraction of sp³-hybridized carbons (Fsp3) is 0.933. The number of hydrogen-bond acceptors (Lipinski definition) is 6. The monoisotopic (exact) mass is 723 g/mol. The first-order valence-electron chi connectivity index (χ1n) is 22.4. The average molecular weight is 723 g/mol. The van der Waals surface area contributed by atoms with Crippen LogP contribution in [0.3, 0.4) is 0 Å². The molecule has 0 aromatic rings. The molecular formula is C45H86O6. The third kappa shape index (κ3) is 38.0. The van der Waals surface area contributed by atoms with Crippen molar-refractivity contribution < 1.29 is 28.6 Å². The van der Waals surface area contributed by atoms with E-state index in [-0.39, 0.29) is 31.1 Å². The summed E-state index contributed by atoms with van der Waals surface area (Å²) in [4.78, 5) is 37.5. The second-order valence-electron chi connectivity index (χ2n) is 15.6. The van der Waals surface area contributed by atoms with E-state index in [0.717, 1.165) is 63.7 Å². The molecular weight excluding hydrogens is 636 g/mol. The number of unbranched alkanes of at least 4 members (excludes halogenated alkanes) is 26. The van der Waals surface area contributed by atoms with E-state index in [1.807, 2.05) is 0 Å². The maximum Gasteiger partial charge on any atom is 0.306 e. The molecule has 0 saturated carbocycles. The molecule has 0 bridgehead atoms. The van der Waals surface area contributed by atoms with Gasteiger partial charge in [-0.05, 0) is 25.2 Å². The van der Waals surface area contributed by atoms with Gasteiger partial charge < -0.3 is 14.2 Å². The van der Waals surface area contributed by atoms with Crippen LogP contribution in [0, 0.1) is 5.92 Å². The largest absolute Gasteiger partial charge is 0.462 e. The summed E-state index contributed by atoms with van der Waals surface area (Å²) in [5, 5.41) is 0. The molecule has 0 spiro atoms. The third-order valence-electron chi connectivity index (χ3n) is 10.4. The minimum absolute atomic E-state index is 0.0647. The molecule has 6 nitrogen and oxygen atoms in total. The van der Waals surface area contributed by atoms with Gasteiger partial charge in [-0.2, -0.15) is 0 Å². The van der Waals surface area contributed by atoms with Crippen molar-refractivity contribution in [2.75, 3.05) is 13.2 Å². The summed E-state index contributed by atoms with van der Waals surface area (Å²) in [6.45, 7) is 8.96. The number of carbonyl (C=O) groups excluding carboxylic acids is 3. The first-order valence-corrected chi connectivity index (χ1v) is 22.4. The van der Waals surface area contributed by atoms with Crippen molar-refractivity contribution in [3.63, 3.8) is 0 Å². The van der Waals surface area contributed by atoms with Gasteiger partial charge in [0.25, 0.3) is 0 Å². The third-order valence-corrected chi connectivity index (χ3v) is 10.4. The van der Waals surface area contributed by atoms with E-state index in [1.165, 1.54) is 141 Å². The Morgan fingerprint density at radius 1 is 0.392 bits per heavy atom. The van der Waals surface area contributed by atoms with E-state index in [1.54, 1.807) is 0 Å². The summed E-state index contributed by atoms with van der Waals surface area (Å²) in [6.07, 6.45) is 38.0. The molecule has 0 N–H and O–H groups in total. The highest BCUT2D eigenvalue weighted by Crippen LogP contribution is 2.16. The van der Waals surface area contributed by atoms with Gasteiger partial charge in [-0.1, -0.05) is 207 Å². The van der Waals surface area contributed by atoms with E-state index < -0.39 is 6.10 Å². The lowest BCUT2D eigenvalue weighted by molar-refractivity contribution is -0.167. The van der Waals surface area contributed by atoms with E-state index in [2.05, 4.69) is 27.7 Å². The predicted molar refractivity (Wildman–Crippen MR) is 215 cm³/mol. The first kappa shape index (κ1) is 49.4. The Bertz CT molecular complexity index is 768. The van der Waals surface area contributed by atoms with Crippen LogP contribution in [0.15, 0.2) is 0 Å². The quantitative estimate of drug-likeness (QED) is 0.0356. The summed E-state index contributed by atoms with van der Waals surface area (Å²) >= 11 is 0. The maximum atomic E-state index is 12.6. The van der Waals surface area contributed by atoms with Crippen LogP contribution in [-0.4, -0.2) is 37.2 Å². The number of ether oxygens (including phenoxy) is 3. The Morgan fingerprint density at radius 3 is 1.02 bits per heavy atom. The summed E-state index contributed by atoms with van der Waals surface area (Å²) in [6, 6.07) is 0. The van der Waals surface area contributed by atoms with Crippen molar-refractivity contribution in [2.24, 2.45) is 5.92 Å². The summed E-state index contributed by atoms with van der Waals surface area (Å²) in [7, 11) is 0. The molecule has 1 unspecified atom stereocenters. The zero-order valence-corrected chi connectivity index (χ0v) is 34.6. The van der Waals surface area contributed by atoms with Gasteiger partial charge in [0.15, 0.2) is 6.10 Å². The average Bonchev–Trinajstić information content (AvgIpc) is 3.13. The van der Waals surface area contributed by atoms with Gasteiger partial charge in [0.1, 0.15) is 13.2 Å². The molecule has 6 heteroatoms. The number of rotatable bonds is 40. The first-order chi connectivity index (χ1) is 24.9. The van der Waals surface area contributed by atoms with Crippen LogP contribution in [0.5, 0.6) is 0 Å². The van der Waals surface area contributed by atoms with Crippen LogP contribution in [0.25, 0.3) is 0 Å². The van der Waals surface area contributed by atoms with E-state index >= 15 is 0 Å². The topological polar surface area (TPSA) is 78.9 Å². The SMILES string of the molecule is CCCCCCCCCCCCCCCCC(=O)OC[C@@H](COC(=O)CCCCCCCCCCC(C)CC)OC(=O)CCCCCCCCC. The van der Waals surface area contributed by atoms with E-state index in [9.17, 15) is 14.4 Å². The minimum atomic E-state index is -0.758. The van der Waals surface area contributed by atoms with E-state index in [4.69, 9.17) is 14.2 Å². The molecule has 302 valence electrons. The van der Waals surface area contributed by atoms with Crippen LogP contribution in [0.1, 0.15) is 246 Å². The summed E-state index contributed by atoms with van der Waals surface area (Å²) in [5.74, 6) is -0.0148. The maximum absolute atomic E-state index is 12.6. The molecule has 51 heavy (non-hydrogen) atoms. The Morgan fingerprint density at radius 2 is 0.686 bits per heavy atom. The number of carbonyl (C=O) groups is 3. The molecule has 0 aliphatic heterocycles. The van der Waals surface area contributed by atoms with Gasteiger partial charge in [0.2, 0.25) is 0 Å². The molecule has 0 aromatic carbocycles. The van der Waals surface area contributed by atoms with Crippen molar-refractivity contribution in [1.82, 2.24) is 0 Å². The molecule has 0 rings (SSSR count). The normalized spacial score (nSPS) is 12.5. The van der Waals surface area contributed by atoms with Crippen LogP contribution < -0.4 is 0 Å². The highest BCUT2D eigenvalue weighted by atomic mass is 16.6. The second-order valence-corrected chi connectivity index (χ2v) is 15.6. The van der Waals surface area contributed by atoms with Crippen LogP contribution in [0.4, 0.5) is 0 Å². The molecule has 0 aromatic heterocycles. The lowest BCUT2D eigenvalue weighted by Gasteiger charge is -2.18. The second kappa shape index (κ2) is 39.6. The zero-order valence-electron chi connectivity index (χ0n) is 34.6. The molecule has 0 saturated heterocycles. The fourth-order valence-corrected chi connectivity index (χ4v) is 6.59. The zero-order chi connectivity index (χ0) is 37.5. The predicted octanol–water partition coefficient (Wildman–Crippen LogP) is 13.9. The van der Waals surface area contributed by atoms with Gasteiger partial charge in [-0.25, -0.2) is 0 Å². The summed E-state index contributed by atoms with van der Waals surface area (Å²) < 4.78 is 16.6. The number of esters is 3. The molecule has 0 amide bonds. The van der Waals surface area contributed by atoms with Gasteiger partial charge in [-0.15, -0.1) is 0 Å².